The Labute approximate surface area is 116 Å². The molecule has 0 aliphatic rings. The summed E-state index contributed by atoms with van der Waals surface area (Å²) in [5.74, 6) is 0. The Balaban J connectivity index is 0.000000494. The molecule has 0 saturated heterocycles. The van der Waals surface area contributed by atoms with Crippen molar-refractivity contribution < 1.29 is 0 Å². The molecule has 0 radical (unpaired) electrons. The van der Waals surface area contributed by atoms with Crippen molar-refractivity contribution in [2.75, 3.05) is 12.0 Å². The maximum atomic E-state index is 5.80. The number of aryl methyl sites for hydroxylation is 2. The van der Waals surface area contributed by atoms with E-state index in [2.05, 4.69) is 26.1 Å². The van der Waals surface area contributed by atoms with Crippen LogP contribution in [-0.4, -0.2) is 6.26 Å². The van der Waals surface area contributed by atoms with Gasteiger partial charge in [-0.3, -0.25) is 0 Å². The third kappa shape index (κ3) is 6.55. The molecule has 1 nitrogen and oxygen atoms in total. The molecule has 100 valence electrons. The largest absolute Gasteiger partial charge is 0.399 e. The maximum Gasteiger partial charge on any atom is 0.0346 e. The fourth-order valence-electron chi connectivity index (χ4n) is 1.41. The summed E-state index contributed by atoms with van der Waals surface area (Å²) in [7, 11) is 0. The first-order valence-corrected chi connectivity index (χ1v) is 7.19. The molecule has 0 bridgehead atoms. The SMILES string of the molecule is C=C(C)Cc1cc(C)c(N)cc1C.C=C(C)SC. The lowest BCUT2D eigenvalue weighted by atomic mass is 9.99. The van der Waals surface area contributed by atoms with Gasteiger partial charge in [-0.2, -0.15) is 0 Å². The van der Waals surface area contributed by atoms with Gasteiger partial charge in [0.2, 0.25) is 0 Å². The van der Waals surface area contributed by atoms with E-state index in [9.17, 15) is 0 Å². The van der Waals surface area contributed by atoms with E-state index in [0.29, 0.717) is 0 Å². The van der Waals surface area contributed by atoms with Crippen LogP contribution in [0.5, 0.6) is 0 Å². The molecule has 0 aliphatic heterocycles. The topological polar surface area (TPSA) is 26.0 Å². The summed E-state index contributed by atoms with van der Waals surface area (Å²) in [6.07, 6.45) is 2.97. The summed E-state index contributed by atoms with van der Waals surface area (Å²) in [6, 6.07) is 4.19. The van der Waals surface area contributed by atoms with Crippen LogP contribution >= 0.6 is 11.8 Å². The lowest BCUT2D eigenvalue weighted by Gasteiger charge is -2.09. The summed E-state index contributed by atoms with van der Waals surface area (Å²) in [6.45, 7) is 15.7. The second kappa shape index (κ2) is 8.04. The van der Waals surface area contributed by atoms with Gasteiger partial charge in [-0.1, -0.05) is 24.8 Å². The van der Waals surface area contributed by atoms with Crippen LogP contribution in [0.15, 0.2) is 35.8 Å². The number of thioether (sulfide) groups is 1. The highest BCUT2D eigenvalue weighted by atomic mass is 32.2. The first-order valence-electron chi connectivity index (χ1n) is 5.97. The van der Waals surface area contributed by atoms with E-state index in [1.807, 2.05) is 33.1 Å². The molecule has 1 aromatic rings. The van der Waals surface area contributed by atoms with E-state index in [0.717, 1.165) is 17.7 Å². The van der Waals surface area contributed by atoms with Crippen LogP contribution in [0.4, 0.5) is 5.69 Å². The van der Waals surface area contributed by atoms with Crippen molar-refractivity contribution in [2.24, 2.45) is 0 Å². The molecule has 1 rings (SSSR count). The van der Waals surface area contributed by atoms with Crippen molar-refractivity contribution in [1.82, 2.24) is 0 Å². The Morgan fingerprint density at radius 2 is 1.67 bits per heavy atom. The Bertz CT molecular complexity index is 433. The monoisotopic (exact) mass is 263 g/mol. The van der Waals surface area contributed by atoms with E-state index >= 15 is 0 Å². The molecular weight excluding hydrogens is 238 g/mol. The van der Waals surface area contributed by atoms with Crippen molar-refractivity contribution >= 4 is 17.4 Å². The summed E-state index contributed by atoms with van der Waals surface area (Å²) in [5.41, 5.74) is 11.6. The van der Waals surface area contributed by atoms with E-state index in [4.69, 9.17) is 5.73 Å². The van der Waals surface area contributed by atoms with Crippen LogP contribution in [0.2, 0.25) is 0 Å². The summed E-state index contributed by atoms with van der Waals surface area (Å²) >= 11 is 1.69. The Kier molecular flexibility index (Phi) is 7.53. The van der Waals surface area contributed by atoms with Gasteiger partial charge >= 0.3 is 0 Å². The lowest BCUT2D eigenvalue weighted by molar-refractivity contribution is 1.12. The zero-order chi connectivity index (χ0) is 14.3. The summed E-state index contributed by atoms with van der Waals surface area (Å²) in [5, 5.41) is 0. The number of nitrogens with two attached hydrogens (primary N) is 1. The van der Waals surface area contributed by atoms with Crippen LogP contribution in [0.3, 0.4) is 0 Å². The third-order valence-electron chi connectivity index (χ3n) is 2.57. The first-order chi connectivity index (χ1) is 8.27. The number of benzene rings is 1. The number of nitrogen functional groups attached to an aromatic ring is 1. The Morgan fingerprint density at radius 1 is 1.17 bits per heavy atom. The first kappa shape index (κ1) is 16.9. The van der Waals surface area contributed by atoms with Crippen LogP contribution < -0.4 is 5.73 Å². The van der Waals surface area contributed by atoms with Gasteiger partial charge in [0.1, 0.15) is 0 Å². The Hall–Kier alpha value is -1.15. The molecule has 0 saturated carbocycles. The highest BCUT2D eigenvalue weighted by molar-refractivity contribution is 8.02. The number of allylic oxidation sites excluding steroid dienone is 2. The van der Waals surface area contributed by atoms with Gasteiger partial charge in [0.05, 0.1) is 0 Å². The molecule has 0 unspecified atom stereocenters. The predicted molar refractivity (Wildman–Crippen MR) is 87.2 cm³/mol. The minimum atomic E-state index is 0.878. The van der Waals surface area contributed by atoms with Crippen molar-refractivity contribution in [2.45, 2.75) is 34.1 Å². The van der Waals surface area contributed by atoms with Crippen LogP contribution in [0.25, 0.3) is 0 Å². The molecule has 0 aromatic heterocycles. The molecule has 0 spiro atoms. The van der Waals surface area contributed by atoms with Gasteiger partial charge in [0.15, 0.2) is 0 Å². The molecule has 2 heteroatoms. The van der Waals surface area contributed by atoms with Gasteiger partial charge < -0.3 is 5.73 Å². The summed E-state index contributed by atoms with van der Waals surface area (Å²) in [4.78, 5) is 1.17. The molecule has 2 N–H and O–H groups in total. The average molecular weight is 263 g/mol. The van der Waals surface area contributed by atoms with Gasteiger partial charge in [0, 0.05) is 5.69 Å². The van der Waals surface area contributed by atoms with Gasteiger partial charge in [0.25, 0.3) is 0 Å². The standard InChI is InChI=1S/C12H17N.C4H8S/c1-8(2)5-11-6-10(4)12(13)7-9(11)3;1-4(2)5-3/h6-7H,1,5,13H2,2-4H3;1H2,2-3H3. The second-order valence-electron chi connectivity index (χ2n) is 4.68. The zero-order valence-corrected chi connectivity index (χ0v) is 13.1. The Morgan fingerprint density at radius 3 is 2.06 bits per heavy atom. The maximum absolute atomic E-state index is 5.80. The van der Waals surface area contributed by atoms with Gasteiger partial charge in [-0.05, 0) is 68.0 Å². The normalized spacial score (nSPS) is 9.39. The van der Waals surface area contributed by atoms with E-state index < -0.39 is 0 Å². The highest BCUT2D eigenvalue weighted by Gasteiger charge is 2.01. The van der Waals surface area contributed by atoms with E-state index in [-0.39, 0.29) is 0 Å². The van der Waals surface area contributed by atoms with Crippen LogP contribution in [-0.2, 0) is 6.42 Å². The molecule has 0 atom stereocenters. The molecule has 18 heavy (non-hydrogen) atoms. The summed E-state index contributed by atoms with van der Waals surface area (Å²) < 4.78 is 0. The second-order valence-corrected chi connectivity index (χ2v) is 5.78. The quantitative estimate of drug-likeness (QED) is 0.621. The number of hydrogen-bond acceptors (Lipinski definition) is 2. The molecule has 0 amide bonds. The third-order valence-corrected chi connectivity index (χ3v) is 3.26. The molecule has 0 aliphatic carbocycles. The highest BCUT2D eigenvalue weighted by Crippen LogP contribution is 2.19. The van der Waals surface area contributed by atoms with Crippen molar-refractivity contribution in [3.63, 3.8) is 0 Å². The number of anilines is 1. The van der Waals surface area contributed by atoms with Crippen molar-refractivity contribution in [3.05, 3.63) is 52.5 Å². The van der Waals surface area contributed by atoms with Gasteiger partial charge in [-0.15, -0.1) is 11.8 Å². The molecule has 1 aromatic carbocycles. The van der Waals surface area contributed by atoms with Gasteiger partial charge in [-0.25, -0.2) is 0 Å². The predicted octanol–water partition coefficient (Wildman–Crippen LogP) is 4.89. The minimum absolute atomic E-state index is 0.878. The van der Waals surface area contributed by atoms with E-state index in [1.165, 1.54) is 21.6 Å². The minimum Gasteiger partial charge on any atom is -0.399 e. The van der Waals surface area contributed by atoms with Crippen LogP contribution in [0.1, 0.15) is 30.5 Å². The number of rotatable bonds is 3. The van der Waals surface area contributed by atoms with Crippen molar-refractivity contribution in [1.29, 1.82) is 0 Å². The van der Waals surface area contributed by atoms with E-state index in [1.54, 1.807) is 11.8 Å². The van der Waals surface area contributed by atoms with Crippen molar-refractivity contribution in [3.8, 4) is 0 Å². The zero-order valence-electron chi connectivity index (χ0n) is 12.3. The fourth-order valence-corrected chi connectivity index (χ4v) is 1.41. The van der Waals surface area contributed by atoms with Crippen LogP contribution in [0, 0.1) is 13.8 Å². The molecular formula is C16H25NS. The fraction of sp³-hybridized carbons (Fsp3) is 0.375. The molecule has 0 heterocycles. The molecule has 0 fully saturated rings. The average Bonchev–Trinajstić information content (AvgIpc) is 2.26. The lowest BCUT2D eigenvalue weighted by Crippen LogP contribution is -1.96. The smallest absolute Gasteiger partial charge is 0.0346 e. The number of hydrogen-bond donors (Lipinski definition) is 1.